The van der Waals surface area contributed by atoms with E-state index in [0.29, 0.717) is 17.3 Å². The van der Waals surface area contributed by atoms with E-state index in [4.69, 9.17) is 0 Å². The highest BCUT2D eigenvalue weighted by atomic mass is 16.2. The lowest BCUT2D eigenvalue weighted by Gasteiger charge is -2.05. The Bertz CT molecular complexity index is 994. The summed E-state index contributed by atoms with van der Waals surface area (Å²) >= 11 is 0. The highest BCUT2D eigenvalue weighted by molar-refractivity contribution is 5.90. The molecular formula is C16H13N9O. The van der Waals surface area contributed by atoms with Crippen LogP contribution in [0.5, 0.6) is 0 Å². The molecule has 0 spiro atoms. The zero-order chi connectivity index (χ0) is 17.8. The summed E-state index contributed by atoms with van der Waals surface area (Å²) in [6, 6.07) is 12.9. The average Bonchev–Trinajstić information content (AvgIpc) is 3.35. The van der Waals surface area contributed by atoms with Crippen LogP contribution in [0.15, 0.2) is 61.3 Å². The molecule has 0 aliphatic heterocycles. The predicted molar refractivity (Wildman–Crippen MR) is 91.0 cm³/mol. The van der Waals surface area contributed by atoms with Gasteiger partial charge < -0.3 is 5.32 Å². The molecule has 10 nitrogen and oxygen atoms in total. The van der Waals surface area contributed by atoms with Gasteiger partial charge >= 0.3 is 0 Å². The third-order valence-corrected chi connectivity index (χ3v) is 3.45. The first-order valence-electron chi connectivity index (χ1n) is 7.72. The molecule has 0 fully saturated rings. The van der Waals surface area contributed by atoms with Crippen LogP contribution in [0.25, 0.3) is 17.2 Å². The van der Waals surface area contributed by atoms with Gasteiger partial charge in [0.1, 0.15) is 19.2 Å². The molecule has 0 atom stereocenters. The van der Waals surface area contributed by atoms with Crippen LogP contribution in [-0.2, 0) is 11.3 Å². The number of anilines is 1. The number of rotatable bonds is 5. The number of carbonyl (C=O) groups is 1. The van der Waals surface area contributed by atoms with Crippen LogP contribution >= 0.6 is 0 Å². The van der Waals surface area contributed by atoms with E-state index in [-0.39, 0.29) is 12.5 Å². The predicted octanol–water partition coefficient (Wildman–Crippen LogP) is 0.954. The Hall–Kier alpha value is -3.95. The summed E-state index contributed by atoms with van der Waals surface area (Å²) in [6.45, 7) is -0.0509. The van der Waals surface area contributed by atoms with Crippen LogP contribution in [-0.4, -0.2) is 45.9 Å². The number of pyridine rings is 1. The molecule has 0 bridgehead atoms. The maximum Gasteiger partial charge on any atom is 0.248 e. The van der Waals surface area contributed by atoms with Crippen molar-refractivity contribution in [1.82, 2.24) is 40.0 Å². The zero-order valence-electron chi connectivity index (χ0n) is 13.5. The lowest BCUT2D eigenvalue weighted by molar-refractivity contribution is -0.117. The molecule has 3 heterocycles. The van der Waals surface area contributed by atoms with E-state index in [1.807, 2.05) is 30.3 Å². The summed E-state index contributed by atoms with van der Waals surface area (Å²) < 4.78 is 1.52. The van der Waals surface area contributed by atoms with E-state index in [1.54, 1.807) is 24.7 Å². The lowest BCUT2D eigenvalue weighted by Crippen LogP contribution is -2.20. The van der Waals surface area contributed by atoms with Gasteiger partial charge in [-0.05, 0) is 17.3 Å². The van der Waals surface area contributed by atoms with Crippen LogP contribution in [0.2, 0.25) is 0 Å². The average molecular weight is 347 g/mol. The summed E-state index contributed by atoms with van der Waals surface area (Å²) in [5.74, 6) is 0.792. The van der Waals surface area contributed by atoms with Crippen molar-refractivity contribution in [2.45, 2.75) is 6.54 Å². The second kappa shape index (κ2) is 6.89. The first-order chi connectivity index (χ1) is 12.8. The number of amides is 1. The van der Waals surface area contributed by atoms with E-state index in [2.05, 4.69) is 35.8 Å². The maximum atomic E-state index is 12.1. The number of carbonyl (C=O) groups excluding carboxylic acids is 1. The molecule has 1 amide bonds. The monoisotopic (exact) mass is 347 g/mol. The molecule has 0 saturated carbocycles. The molecule has 0 unspecified atom stereocenters. The third-order valence-electron chi connectivity index (χ3n) is 3.45. The van der Waals surface area contributed by atoms with Gasteiger partial charge in [0.05, 0.1) is 11.9 Å². The van der Waals surface area contributed by atoms with Gasteiger partial charge in [-0.25, -0.2) is 14.6 Å². The number of benzene rings is 1. The van der Waals surface area contributed by atoms with Gasteiger partial charge in [0.25, 0.3) is 0 Å². The lowest BCUT2D eigenvalue weighted by atomic mass is 10.2. The van der Waals surface area contributed by atoms with Crippen LogP contribution in [0.3, 0.4) is 0 Å². The van der Waals surface area contributed by atoms with Crippen molar-refractivity contribution >= 4 is 11.6 Å². The van der Waals surface area contributed by atoms with Crippen molar-refractivity contribution in [2.24, 2.45) is 0 Å². The second-order valence-corrected chi connectivity index (χ2v) is 5.30. The van der Waals surface area contributed by atoms with Crippen molar-refractivity contribution in [3.05, 3.63) is 61.3 Å². The normalized spacial score (nSPS) is 10.6. The Morgan fingerprint density at radius 1 is 1.12 bits per heavy atom. The number of aromatic nitrogens is 8. The fraction of sp³-hybridized carbons (Fsp3) is 0.0625. The summed E-state index contributed by atoms with van der Waals surface area (Å²) in [6.07, 6.45) is 4.51. The standard InChI is InChI=1S/C16H13N9O/c26-15(9-25-22-16(21-23-25)12-4-2-1-3-5-12)20-13-6-7-14(18-8-13)24-11-17-10-19-24/h1-8,10-11H,9H2,(H,20,26). The molecule has 1 aromatic carbocycles. The molecule has 4 rings (SSSR count). The minimum atomic E-state index is -0.280. The van der Waals surface area contributed by atoms with E-state index >= 15 is 0 Å². The number of nitrogens with one attached hydrogen (secondary N) is 1. The Morgan fingerprint density at radius 3 is 2.73 bits per heavy atom. The summed E-state index contributed by atoms with van der Waals surface area (Å²) in [5.41, 5.74) is 1.40. The Balaban J connectivity index is 1.39. The van der Waals surface area contributed by atoms with Crippen LogP contribution in [0.1, 0.15) is 0 Å². The van der Waals surface area contributed by atoms with Crippen molar-refractivity contribution < 1.29 is 4.79 Å². The molecule has 26 heavy (non-hydrogen) atoms. The highest BCUT2D eigenvalue weighted by Crippen LogP contribution is 2.12. The van der Waals surface area contributed by atoms with E-state index in [9.17, 15) is 4.79 Å². The summed E-state index contributed by atoms with van der Waals surface area (Å²) in [5, 5.41) is 18.8. The Kier molecular flexibility index (Phi) is 4.13. The summed E-state index contributed by atoms with van der Waals surface area (Å²) in [4.78, 5) is 21.5. The third kappa shape index (κ3) is 3.43. The maximum absolute atomic E-state index is 12.1. The van der Waals surface area contributed by atoms with Crippen LogP contribution < -0.4 is 5.32 Å². The minimum Gasteiger partial charge on any atom is -0.323 e. The van der Waals surface area contributed by atoms with Crippen molar-refractivity contribution in [3.63, 3.8) is 0 Å². The molecular weight excluding hydrogens is 334 g/mol. The molecule has 0 radical (unpaired) electrons. The topological polar surface area (TPSA) is 116 Å². The summed E-state index contributed by atoms with van der Waals surface area (Å²) in [7, 11) is 0. The first-order valence-corrected chi connectivity index (χ1v) is 7.72. The number of tetrazole rings is 1. The molecule has 4 aromatic rings. The number of nitrogens with zero attached hydrogens (tertiary/aromatic N) is 8. The van der Waals surface area contributed by atoms with Gasteiger partial charge in [-0.1, -0.05) is 30.3 Å². The van der Waals surface area contributed by atoms with Crippen LogP contribution in [0.4, 0.5) is 5.69 Å². The van der Waals surface area contributed by atoms with E-state index < -0.39 is 0 Å². The Labute approximate surface area is 147 Å². The molecule has 0 saturated heterocycles. The van der Waals surface area contributed by atoms with Gasteiger partial charge in [-0.3, -0.25) is 4.79 Å². The van der Waals surface area contributed by atoms with Crippen LogP contribution in [0, 0.1) is 0 Å². The van der Waals surface area contributed by atoms with Gasteiger partial charge in [0.2, 0.25) is 11.7 Å². The largest absolute Gasteiger partial charge is 0.323 e. The molecule has 1 N–H and O–H groups in total. The van der Waals surface area contributed by atoms with Crippen molar-refractivity contribution in [2.75, 3.05) is 5.32 Å². The van der Waals surface area contributed by atoms with Gasteiger partial charge in [-0.2, -0.15) is 9.90 Å². The fourth-order valence-electron chi connectivity index (χ4n) is 2.26. The first kappa shape index (κ1) is 15.6. The van der Waals surface area contributed by atoms with E-state index in [0.717, 1.165) is 5.56 Å². The van der Waals surface area contributed by atoms with Crippen molar-refractivity contribution in [1.29, 1.82) is 0 Å². The molecule has 128 valence electrons. The fourth-order valence-corrected chi connectivity index (χ4v) is 2.26. The minimum absolute atomic E-state index is 0.0509. The van der Waals surface area contributed by atoms with Crippen molar-refractivity contribution in [3.8, 4) is 17.2 Å². The second-order valence-electron chi connectivity index (χ2n) is 5.30. The Morgan fingerprint density at radius 2 is 2.00 bits per heavy atom. The molecule has 0 aliphatic carbocycles. The highest BCUT2D eigenvalue weighted by Gasteiger charge is 2.10. The smallest absolute Gasteiger partial charge is 0.248 e. The van der Waals surface area contributed by atoms with Gasteiger partial charge in [-0.15, -0.1) is 10.2 Å². The number of hydrogen-bond donors (Lipinski definition) is 1. The van der Waals surface area contributed by atoms with Gasteiger partial charge in [0.15, 0.2) is 5.82 Å². The number of hydrogen-bond acceptors (Lipinski definition) is 7. The molecule has 10 heteroatoms. The SMILES string of the molecule is O=C(Cn1nnc(-c2ccccc2)n1)Nc1ccc(-n2cncn2)nc1. The molecule has 0 aliphatic rings. The quantitative estimate of drug-likeness (QED) is 0.571. The zero-order valence-corrected chi connectivity index (χ0v) is 13.5. The molecule has 3 aromatic heterocycles. The van der Waals surface area contributed by atoms with E-state index in [1.165, 1.54) is 15.8 Å². The van der Waals surface area contributed by atoms with Gasteiger partial charge in [0, 0.05) is 5.56 Å².